The number of aliphatic hydroxyl groups is 1. The van der Waals surface area contributed by atoms with Gasteiger partial charge in [-0.3, -0.25) is 0 Å². The topological polar surface area (TPSA) is 50.7 Å². The molecule has 0 aromatic rings. The van der Waals surface area contributed by atoms with Crippen LogP contribution in [-0.4, -0.2) is 49.7 Å². The van der Waals surface area contributed by atoms with Crippen molar-refractivity contribution in [3.63, 3.8) is 0 Å². The van der Waals surface area contributed by atoms with Gasteiger partial charge in [0.1, 0.15) is 0 Å². The molecule has 3 unspecified atom stereocenters. The Morgan fingerprint density at radius 3 is 2.92 bits per heavy atom. The van der Waals surface area contributed by atoms with E-state index >= 15 is 0 Å². The molecule has 13 heavy (non-hydrogen) atoms. The Balaban J connectivity index is 2.10. The summed E-state index contributed by atoms with van der Waals surface area (Å²) >= 11 is 0. The maximum Gasteiger partial charge on any atom is 0.0948 e. The number of hydrogen-bond donors (Lipinski definition) is 2. The Kier molecular flexibility index (Phi) is 4.66. The zero-order valence-electron chi connectivity index (χ0n) is 8.32. The lowest BCUT2D eigenvalue weighted by Gasteiger charge is -2.18. The van der Waals surface area contributed by atoms with Gasteiger partial charge in [-0.2, -0.15) is 0 Å². The van der Waals surface area contributed by atoms with E-state index in [2.05, 4.69) is 5.32 Å². The normalized spacial score (nSPS) is 30.7. The lowest BCUT2D eigenvalue weighted by molar-refractivity contribution is 0.0689. The van der Waals surface area contributed by atoms with Crippen molar-refractivity contribution in [3.8, 4) is 0 Å². The van der Waals surface area contributed by atoms with Crippen molar-refractivity contribution in [1.29, 1.82) is 0 Å². The van der Waals surface area contributed by atoms with Crippen molar-refractivity contribution >= 4 is 0 Å². The molecule has 0 bridgehead atoms. The summed E-state index contributed by atoms with van der Waals surface area (Å²) in [5.74, 6) is 0. The van der Waals surface area contributed by atoms with Crippen molar-refractivity contribution < 1.29 is 14.6 Å². The first-order valence-corrected chi connectivity index (χ1v) is 4.84. The van der Waals surface area contributed by atoms with E-state index in [1.165, 1.54) is 0 Å². The Labute approximate surface area is 79.2 Å². The maximum atomic E-state index is 9.40. The molecular weight excluding hydrogens is 170 g/mol. The molecule has 78 valence electrons. The van der Waals surface area contributed by atoms with Gasteiger partial charge in [-0.25, -0.2) is 0 Å². The molecule has 1 aliphatic rings. The third-order valence-electron chi connectivity index (χ3n) is 2.17. The highest BCUT2D eigenvalue weighted by Gasteiger charge is 2.25. The average molecular weight is 189 g/mol. The zero-order chi connectivity index (χ0) is 9.68. The van der Waals surface area contributed by atoms with Crippen molar-refractivity contribution in [2.24, 2.45) is 0 Å². The monoisotopic (exact) mass is 189 g/mol. The van der Waals surface area contributed by atoms with Gasteiger partial charge >= 0.3 is 0 Å². The van der Waals surface area contributed by atoms with E-state index in [9.17, 15) is 5.11 Å². The molecule has 1 fully saturated rings. The van der Waals surface area contributed by atoms with Gasteiger partial charge in [0.25, 0.3) is 0 Å². The molecule has 1 rings (SSSR count). The van der Waals surface area contributed by atoms with Gasteiger partial charge in [0.15, 0.2) is 0 Å². The average Bonchev–Trinajstić information content (AvgIpc) is 2.48. The number of hydrogen-bond acceptors (Lipinski definition) is 4. The van der Waals surface area contributed by atoms with Crippen LogP contribution in [0.5, 0.6) is 0 Å². The van der Waals surface area contributed by atoms with Crippen LogP contribution in [0.4, 0.5) is 0 Å². The van der Waals surface area contributed by atoms with Crippen LogP contribution in [0.3, 0.4) is 0 Å². The molecule has 0 spiro atoms. The van der Waals surface area contributed by atoms with Crippen LogP contribution >= 0.6 is 0 Å². The van der Waals surface area contributed by atoms with Crippen molar-refractivity contribution in [1.82, 2.24) is 5.32 Å². The van der Waals surface area contributed by atoms with Gasteiger partial charge in [-0.1, -0.05) is 0 Å². The van der Waals surface area contributed by atoms with Crippen LogP contribution in [0.2, 0.25) is 0 Å². The molecule has 0 saturated carbocycles. The lowest BCUT2D eigenvalue weighted by atomic mass is 10.2. The second-order valence-corrected chi connectivity index (χ2v) is 3.39. The van der Waals surface area contributed by atoms with Gasteiger partial charge < -0.3 is 19.9 Å². The minimum atomic E-state index is -0.367. The van der Waals surface area contributed by atoms with Gasteiger partial charge in [-0.15, -0.1) is 0 Å². The molecule has 2 N–H and O–H groups in total. The minimum absolute atomic E-state index is 0.0721. The molecule has 3 atom stereocenters. The van der Waals surface area contributed by atoms with E-state index in [1.807, 2.05) is 13.8 Å². The predicted octanol–water partition coefficient (Wildman–Crippen LogP) is -0.239. The summed E-state index contributed by atoms with van der Waals surface area (Å²) in [5.41, 5.74) is 0. The third kappa shape index (κ3) is 3.60. The van der Waals surface area contributed by atoms with Crippen LogP contribution < -0.4 is 5.32 Å². The van der Waals surface area contributed by atoms with E-state index in [-0.39, 0.29) is 18.2 Å². The molecule has 4 nitrogen and oxygen atoms in total. The number of ether oxygens (including phenoxy) is 2. The van der Waals surface area contributed by atoms with Crippen LogP contribution in [0, 0.1) is 0 Å². The second kappa shape index (κ2) is 5.54. The Morgan fingerprint density at radius 2 is 2.38 bits per heavy atom. The second-order valence-electron chi connectivity index (χ2n) is 3.39. The van der Waals surface area contributed by atoms with Crippen molar-refractivity contribution in [2.45, 2.75) is 32.1 Å². The molecule has 0 amide bonds. The summed E-state index contributed by atoms with van der Waals surface area (Å²) in [6, 6.07) is 0.0721. The first-order chi connectivity index (χ1) is 6.24. The molecule has 0 radical (unpaired) electrons. The van der Waals surface area contributed by atoms with Crippen LogP contribution in [0.1, 0.15) is 13.8 Å². The highest BCUT2D eigenvalue weighted by Crippen LogP contribution is 2.04. The molecule has 0 aromatic carbocycles. The van der Waals surface area contributed by atoms with Crippen LogP contribution in [0.15, 0.2) is 0 Å². The highest BCUT2D eigenvalue weighted by atomic mass is 16.5. The minimum Gasteiger partial charge on any atom is -0.389 e. The van der Waals surface area contributed by atoms with E-state index in [4.69, 9.17) is 9.47 Å². The fourth-order valence-electron chi connectivity index (χ4n) is 1.40. The maximum absolute atomic E-state index is 9.40. The zero-order valence-corrected chi connectivity index (χ0v) is 8.32. The fourth-order valence-corrected chi connectivity index (χ4v) is 1.40. The largest absolute Gasteiger partial charge is 0.389 e. The van der Waals surface area contributed by atoms with E-state index in [0.717, 1.165) is 13.2 Å². The van der Waals surface area contributed by atoms with Crippen molar-refractivity contribution in [2.75, 3.05) is 26.4 Å². The molecule has 4 heteroatoms. The summed E-state index contributed by atoms with van der Waals surface area (Å²) in [6.45, 7) is 6.52. The summed E-state index contributed by atoms with van der Waals surface area (Å²) in [6.07, 6.45) is -0.174. The predicted molar refractivity (Wildman–Crippen MR) is 49.7 cm³/mol. The van der Waals surface area contributed by atoms with Gasteiger partial charge in [0.2, 0.25) is 0 Å². The quantitative estimate of drug-likeness (QED) is 0.627. The first kappa shape index (κ1) is 10.9. The molecular formula is C9H19NO3. The Bertz CT molecular complexity index is 143. The summed E-state index contributed by atoms with van der Waals surface area (Å²) in [7, 11) is 0. The Hall–Kier alpha value is -0.160. The lowest BCUT2D eigenvalue weighted by Crippen LogP contribution is -2.42. The van der Waals surface area contributed by atoms with Gasteiger partial charge in [-0.05, 0) is 13.8 Å². The number of rotatable bonds is 5. The molecule has 1 heterocycles. The molecule has 0 aromatic heterocycles. The summed E-state index contributed by atoms with van der Waals surface area (Å²) in [5, 5.41) is 12.6. The van der Waals surface area contributed by atoms with Crippen LogP contribution in [-0.2, 0) is 9.47 Å². The molecule has 1 saturated heterocycles. The smallest absolute Gasteiger partial charge is 0.0948 e. The number of nitrogens with one attached hydrogen (secondary N) is 1. The van der Waals surface area contributed by atoms with E-state index < -0.39 is 0 Å². The van der Waals surface area contributed by atoms with Gasteiger partial charge in [0, 0.05) is 13.2 Å². The summed E-state index contributed by atoms with van der Waals surface area (Å²) in [4.78, 5) is 0. The molecule has 1 aliphatic heterocycles. The van der Waals surface area contributed by atoms with E-state index in [1.54, 1.807) is 0 Å². The van der Waals surface area contributed by atoms with Gasteiger partial charge in [0.05, 0.1) is 31.5 Å². The first-order valence-electron chi connectivity index (χ1n) is 4.84. The highest BCUT2D eigenvalue weighted by molar-refractivity contribution is 4.81. The molecule has 0 aliphatic carbocycles. The third-order valence-corrected chi connectivity index (χ3v) is 2.17. The van der Waals surface area contributed by atoms with Crippen LogP contribution in [0.25, 0.3) is 0 Å². The SMILES string of the molecule is CCOC(C)CNC1COCC1O. The standard InChI is InChI=1S/C9H19NO3/c1-3-13-7(2)4-10-8-5-12-6-9(8)11/h7-11H,3-6H2,1-2H3. The summed E-state index contributed by atoms with van der Waals surface area (Å²) < 4.78 is 10.5. The van der Waals surface area contributed by atoms with Crippen molar-refractivity contribution in [3.05, 3.63) is 0 Å². The fraction of sp³-hybridized carbons (Fsp3) is 1.00. The number of aliphatic hydroxyl groups excluding tert-OH is 1. The van der Waals surface area contributed by atoms with E-state index in [0.29, 0.717) is 13.2 Å². The Morgan fingerprint density at radius 1 is 1.62 bits per heavy atom.